The van der Waals surface area contributed by atoms with Crippen molar-refractivity contribution in [2.75, 3.05) is 45.9 Å². The highest BCUT2D eigenvalue weighted by Crippen LogP contribution is 2.31. The third-order valence-corrected chi connectivity index (χ3v) is 4.18. The number of nitrogens with zero attached hydrogens (tertiary/aromatic N) is 1. The van der Waals surface area contributed by atoms with Crippen LogP contribution in [0.5, 0.6) is 0 Å². The lowest BCUT2D eigenvalue weighted by Crippen LogP contribution is -2.44. The van der Waals surface area contributed by atoms with Gasteiger partial charge in [-0.2, -0.15) is 0 Å². The molecule has 2 aliphatic rings. The lowest BCUT2D eigenvalue weighted by Gasteiger charge is -2.32. The van der Waals surface area contributed by atoms with Gasteiger partial charge in [0.05, 0.1) is 6.61 Å². The second-order valence-corrected chi connectivity index (χ2v) is 6.11. The highest BCUT2D eigenvalue weighted by atomic mass is 16.5. The van der Waals surface area contributed by atoms with Crippen molar-refractivity contribution in [1.29, 1.82) is 0 Å². The molecule has 0 spiro atoms. The summed E-state index contributed by atoms with van der Waals surface area (Å²) in [7, 11) is 0. The summed E-state index contributed by atoms with van der Waals surface area (Å²) in [6, 6.07) is 0. The first-order valence-corrected chi connectivity index (χ1v) is 7.25. The van der Waals surface area contributed by atoms with Crippen molar-refractivity contribution in [3.05, 3.63) is 0 Å². The van der Waals surface area contributed by atoms with Crippen LogP contribution >= 0.6 is 0 Å². The number of hydrogen-bond donors (Lipinski definition) is 1. The van der Waals surface area contributed by atoms with Gasteiger partial charge in [-0.3, -0.25) is 0 Å². The zero-order valence-electron chi connectivity index (χ0n) is 11.5. The normalized spacial score (nSPS) is 34.6. The minimum atomic E-state index is 0.388. The first-order valence-electron chi connectivity index (χ1n) is 7.25. The largest absolute Gasteiger partial charge is 0.381 e. The minimum Gasteiger partial charge on any atom is -0.381 e. The molecular formula is C14H28N2O. The van der Waals surface area contributed by atoms with E-state index >= 15 is 0 Å². The summed E-state index contributed by atoms with van der Waals surface area (Å²) in [5.41, 5.74) is 0.388. The number of rotatable bonds is 6. The molecule has 0 amide bonds. The third kappa shape index (κ3) is 3.67. The van der Waals surface area contributed by atoms with E-state index in [0.717, 1.165) is 32.2 Å². The van der Waals surface area contributed by atoms with E-state index in [2.05, 4.69) is 24.1 Å². The molecule has 3 nitrogen and oxygen atoms in total. The Morgan fingerprint density at radius 3 is 2.94 bits per heavy atom. The van der Waals surface area contributed by atoms with Crippen molar-refractivity contribution in [3.8, 4) is 0 Å². The summed E-state index contributed by atoms with van der Waals surface area (Å²) in [5, 5.41) is 3.60. The Balaban J connectivity index is 1.83. The maximum absolute atomic E-state index is 5.66. The topological polar surface area (TPSA) is 24.5 Å². The first-order chi connectivity index (χ1) is 8.24. The molecule has 2 aliphatic heterocycles. The van der Waals surface area contributed by atoms with Crippen molar-refractivity contribution in [3.63, 3.8) is 0 Å². The molecular weight excluding hydrogens is 212 g/mol. The molecule has 2 fully saturated rings. The van der Waals surface area contributed by atoms with E-state index < -0.39 is 0 Å². The summed E-state index contributed by atoms with van der Waals surface area (Å²) in [6.45, 7) is 12.6. The standard InChI is InChI=1S/C14H28N2O/c1-3-6-15-10-14(5-8-17-12-14)11-16-7-4-13(2)9-16/h13,15H,3-12H2,1-2H3. The van der Waals surface area contributed by atoms with Gasteiger partial charge < -0.3 is 15.0 Å². The molecule has 2 unspecified atom stereocenters. The Bertz CT molecular complexity index is 226. The van der Waals surface area contributed by atoms with Crippen molar-refractivity contribution in [2.45, 2.75) is 33.1 Å². The van der Waals surface area contributed by atoms with Gasteiger partial charge in [-0.25, -0.2) is 0 Å². The van der Waals surface area contributed by atoms with E-state index in [4.69, 9.17) is 4.74 Å². The van der Waals surface area contributed by atoms with Crippen LogP contribution in [0.15, 0.2) is 0 Å². The van der Waals surface area contributed by atoms with Gasteiger partial charge in [-0.1, -0.05) is 13.8 Å². The number of hydrogen-bond acceptors (Lipinski definition) is 3. The molecule has 2 saturated heterocycles. The Morgan fingerprint density at radius 2 is 2.35 bits per heavy atom. The van der Waals surface area contributed by atoms with Crippen LogP contribution in [0.3, 0.4) is 0 Å². The first kappa shape index (κ1) is 13.3. The lowest BCUT2D eigenvalue weighted by molar-refractivity contribution is 0.117. The highest BCUT2D eigenvalue weighted by Gasteiger charge is 2.37. The van der Waals surface area contributed by atoms with E-state index in [1.54, 1.807) is 0 Å². The smallest absolute Gasteiger partial charge is 0.0547 e. The molecule has 0 aliphatic carbocycles. The molecule has 0 aromatic heterocycles. The summed E-state index contributed by atoms with van der Waals surface area (Å²) in [4.78, 5) is 2.65. The fraction of sp³-hybridized carbons (Fsp3) is 1.00. The molecule has 17 heavy (non-hydrogen) atoms. The molecule has 0 aromatic rings. The van der Waals surface area contributed by atoms with E-state index in [1.165, 1.54) is 38.9 Å². The second kappa shape index (κ2) is 6.17. The van der Waals surface area contributed by atoms with Crippen LogP contribution in [0.2, 0.25) is 0 Å². The van der Waals surface area contributed by atoms with Crippen LogP contribution in [0.1, 0.15) is 33.1 Å². The van der Waals surface area contributed by atoms with Crippen molar-refractivity contribution < 1.29 is 4.74 Å². The van der Waals surface area contributed by atoms with E-state index in [9.17, 15) is 0 Å². The highest BCUT2D eigenvalue weighted by molar-refractivity contribution is 4.90. The molecule has 0 saturated carbocycles. The van der Waals surface area contributed by atoms with Gasteiger partial charge in [-0.15, -0.1) is 0 Å². The molecule has 2 heterocycles. The Hall–Kier alpha value is -0.120. The Morgan fingerprint density at radius 1 is 1.47 bits per heavy atom. The van der Waals surface area contributed by atoms with Gasteiger partial charge in [0.2, 0.25) is 0 Å². The fourth-order valence-corrected chi connectivity index (χ4v) is 3.14. The minimum absolute atomic E-state index is 0.388. The van der Waals surface area contributed by atoms with Gasteiger partial charge in [0.1, 0.15) is 0 Å². The molecule has 3 heteroatoms. The summed E-state index contributed by atoms with van der Waals surface area (Å²) < 4.78 is 5.66. The lowest BCUT2D eigenvalue weighted by atomic mass is 9.86. The average Bonchev–Trinajstić information content (AvgIpc) is 2.90. The zero-order valence-corrected chi connectivity index (χ0v) is 11.5. The van der Waals surface area contributed by atoms with Crippen LogP contribution in [-0.4, -0.2) is 50.8 Å². The third-order valence-electron chi connectivity index (χ3n) is 4.18. The van der Waals surface area contributed by atoms with Gasteiger partial charge >= 0.3 is 0 Å². The maximum Gasteiger partial charge on any atom is 0.0547 e. The summed E-state index contributed by atoms with van der Waals surface area (Å²) in [6.07, 6.45) is 3.83. The molecule has 0 aromatic carbocycles. The predicted octanol–water partition coefficient (Wildman–Crippen LogP) is 1.73. The van der Waals surface area contributed by atoms with E-state index in [0.29, 0.717) is 5.41 Å². The van der Waals surface area contributed by atoms with Crippen molar-refractivity contribution in [1.82, 2.24) is 10.2 Å². The van der Waals surface area contributed by atoms with E-state index in [-0.39, 0.29) is 0 Å². The van der Waals surface area contributed by atoms with Crippen LogP contribution in [-0.2, 0) is 4.74 Å². The van der Waals surface area contributed by atoms with Crippen LogP contribution in [0.25, 0.3) is 0 Å². The van der Waals surface area contributed by atoms with Crippen LogP contribution in [0, 0.1) is 11.3 Å². The van der Waals surface area contributed by atoms with Crippen molar-refractivity contribution >= 4 is 0 Å². The Labute approximate surface area is 106 Å². The monoisotopic (exact) mass is 240 g/mol. The fourth-order valence-electron chi connectivity index (χ4n) is 3.14. The molecule has 2 rings (SSSR count). The average molecular weight is 240 g/mol. The molecule has 1 N–H and O–H groups in total. The van der Waals surface area contributed by atoms with Gasteiger partial charge in [0.25, 0.3) is 0 Å². The van der Waals surface area contributed by atoms with Gasteiger partial charge in [0.15, 0.2) is 0 Å². The molecule has 0 bridgehead atoms. The Kier molecular flexibility index (Phi) is 4.83. The van der Waals surface area contributed by atoms with Crippen molar-refractivity contribution in [2.24, 2.45) is 11.3 Å². The number of likely N-dealkylation sites (tertiary alicyclic amines) is 1. The van der Waals surface area contributed by atoms with Gasteiger partial charge in [0, 0.05) is 31.7 Å². The predicted molar refractivity (Wildman–Crippen MR) is 71.3 cm³/mol. The summed E-state index contributed by atoms with van der Waals surface area (Å²) >= 11 is 0. The second-order valence-electron chi connectivity index (χ2n) is 6.11. The quantitative estimate of drug-likeness (QED) is 0.716. The van der Waals surface area contributed by atoms with E-state index in [1.807, 2.05) is 0 Å². The molecule has 0 radical (unpaired) electrons. The number of ether oxygens (including phenoxy) is 1. The summed E-state index contributed by atoms with van der Waals surface area (Å²) in [5.74, 6) is 0.887. The van der Waals surface area contributed by atoms with Gasteiger partial charge in [-0.05, 0) is 38.3 Å². The molecule has 100 valence electrons. The SMILES string of the molecule is CCCNCC1(CN2CCC(C)C2)CCOC1. The number of nitrogens with one attached hydrogen (secondary N) is 1. The molecule has 2 atom stereocenters. The van der Waals surface area contributed by atoms with Crippen LogP contribution < -0.4 is 5.32 Å². The van der Waals surface area contributed by atoms with Crippen LogP contribution in [0.4, 0.5) is 0 Å². The zero-order chi connectivity index (χ0) is 12.1. The maximum atomic E-state index is 5.66.